The van der Waals surface area contributed by atoms with Crippen LogP contribution >= 0.6 is 11.3 Å². The van der Waals surface area contributed by atoms with Gasteiger partial charge in [-0.15, -0.1) is 11.3 Å². The average Bonchev–Trinajstić information content (AvgIpc) is 3.27. The van der Waals surface area contributed by atoms with Crippen LogP contribution in [0.3, 0.4) is 0 Å². The first-order valence-electron chi connectivity index (χ1n) is 8.69. The number of nitrogens with zero attached hydrogens (tertiary/aromatic N) is 2. The van der Waals surface area contributed by atoms with Gasteiger partial charge >= 0.3 is 0 Å². The minimum absolute atomic E-state index is 0.872. The molecule has 0 fully saturated rings. The number of aryl methyl sites for hydroxylation is 1. The number of benzene rings is 1. The second-order valence-corrected chi connectivity index (χ2v) is 7.32. The molecule has 25 heavy (non-hydrogen) atoms. The number of rotatable bonds is 6. The van der Waals surface area contributed by atoms with E-state index in [0.717, 1.165) is 31.9 Å². The van der Waals surface area contributed by atoms with Crippen molar-refractivity contribution in [2.75, 3.05) is 27.2 Å². The highest BCUT2D eigenvalue weighted by Gasteiger charge is 2.08. The first-order chi connectivity index (χ1) is 12.2. The van der Waals surface area contributed by atoms with Crippen LogP contribution in [0.25, 0.3) is 10.9 Å². The smallest absolute Gasteiger partial charge is 0.193 e. The fourth-order valence-corrected chi connectivity index (χ4v) is 3.88. The number of guanidine groups is 1. The second-order valence-electron chi connectivity index (χ2n) is 6.29. The van der Waals surface area contributed by atoms with E-state index in [1.807, 2.05) is 18.4 Å². The molecule has 5 heteroatoms. The molecule has 0 bridgehead atoms. The fourth-order valence-electron chi connectivity index (χ4n) is 3.18. The molecule has 0 unspecified atom stereocenters. The Morgan fingerprint density at radius 2 is 2.12 bits per heavy atom. The molecule has 0 amide bonds. The van der Waals surface area contributed by atoms with Gasteiger partial charge in [0.15, 0.2) is 5.96 Å². The predicted octanol–water partition coefficient (Wildman–Crippen LogP) is 3.83. The Labute approximate surface area is 153 Å². The molecule has 3 rings (SSSR count). The second kappa shape index (κ2) is 8.21. The maximum Gasteiger partial charge on any atom is 0.193 e. The van der Waals surface area contributed by atoms with Crippen molar-refractivity contribution in [2.24, 2.45) is 4.99 Å². The first-order valence-corrected chi connectivity index (χ1v) is 9.56. The summed E-state index contributed by atoms with van der Waals surface area (Å²) in [5, 5.41) is 6.97. The van der Waals surface area contributed by atoms with Crippen LogP contribution in [0.5, 0.6) is 0 Å². The van der Waals surface area contributed by atoms with E-state index in [-0.39, 0.29) is 0 Å². The van der Waals surface area contributed by atoms with Crippen molar-refractivity contribution in [3.8, 4) is 0 Å². The Kier molecular flexibility index (Phi) is 5.76. The summed E-state index contributed by atoms with van der Waals surface area (Å²) < 4.78 is 0. The Balaban J connectivity index is 1.54. The van der Waals surface area contributed by atoms with E-state index in [9.17, 15) is 0 Å². The monoisotopic (exact) mass is 354 g/mol. The van der Waals surface area contributed by atoms with E-state index in [2.05, 4.69) is 76.1 Å². The van der Waals surface area contributed by atoms with Gasteiger partial charge in [-0.1, -0.05) is 18.2 Å². The van der Waals surface area contributed by atoms with Gasteiger partial charge in [0.25, 0.3) is 0 Å². The highest BCUT2D eigenvalue weighted by molar-refractivity contribution is 7.09. The third-order valence-corrected chi connectivity index (χ3v) is 5.46. The SMILES string of the molecule is CN=C(NCCc1c[nH]c2cccc(C)c12)N(C)CCc1cccs1. The quantitative estimate of drug-likeness (QED) is 0.522. The Morgan fingerprint density at radius 3 is 2.88 bits per heavy atom. The number of hydrogen-bond acceptors (Lipinski definition) is 2. The molecule has 0 atom stereocenters. The highest BCUT2D eigenvalue weighted by Crippen LogP contribution is 2.22. The van der Waals surface area contributed by atoms with Gasteiger partial charge < -0.3 is 15.2 Å². The van der Waals surface area contributed by atoms with E-state index in [0.29, 0.717) is 0 Å². The zero-order valence-corrected chi connectivity index (χ0v) is 16.0. The van der Waals surface area contributed by atoms with Crippen molar-refractivity contribution < 1.29 is 0 Å². The molecule has 2 aromatic heterocycles. The number of H-pyrrole nitrogens is 1. The molecule has 0 aliphatic carbocycles. The lowest BCUT2D eigenvalue weighted by Gasteiger charge is -2.21. The zero-order chi connectivity index (χ0) is 17.6. The maximum absolute atomic E-state index is 4.41. The third-order valence-electron chi connectivity index (χ3n) is 4.52. The first kappa shape index (κ1) is 17.5. The van der Waals surface area contributed by atoms with Crippen LogP contribution < -0.4 is 5.32 Å². The van der Waals surface area contributed by atoms with Crippen LogP contribution in [0, 0.1) is 6.92 Å². The molecule has 1 aromatic carbocycles. The summed E-state index contributed by atoms with van der Waals surface area (Å²) in [6, 6.07) is 10.7. The summed E-state index contributed by atoms with van der Waals surface area (Å²) >= 11 is 1.81. The average molecular weight is 355 g/mol. The summed E-state index contributed by atoms with van der Waals surface area (Å²) in [7, 11) is 3.94. The number of thiophene rings is 1. The molecule has 132 valence electrons. The molecular weight excluding hydrogens is 328 g/mol. The molecule has 4 nitrogen and oxygen atoms in total. The number of aromatic amines is 1. The maximum atomic E-state index is 4.41. The van der Waals surface area contributed by atoms with Gasteiger partial charge in [-0.2, -0.15) is 0 Å². The molecule has 0 saturated carbocycles. The normalized spacial score (nSPS) is 11.9. The molecule has 2 N–H and O–H groups in total. The van der Waals surface area contributed by atoms with E-state index in [1.54, 1.807) is 0 Å². The molecule has 0 aliphatic heterocycles. The molecule has 0 spiro atoms. The molecule has 0 radical (unpaired) electrons. The molecule has 0 saturated heterocycles. The number of aromatic nitrogens is 1. The van der Waals surface area contributed by atoms with Crippen molar-refractivity contribution in [3.05, 3.63) is 57.9 Å². The van der Waals surface area contributed by atoms with Crippen molar-refractivity contribution >= 4 is 28.2 Å². The van der Waals surface area contributed by atoms with Crippen molar-refractivity contribution in [1.29, 1.82) is 0 Å². The molecule has 3 aromatic rings. The van der Waals surface area contributed by atoms with Crippen molar-refractivity contribution in [2.45, 2.75) is 19.8 Å². The third kappa shape index (κ3) is 4.23. The van der Waals surface area contributed by atoms with E-state index in [4.69, 9.17) is 0 Å². The summed E-state index contributed by atoms with van der Waals surface area (Å²) in [6.07, 6.45) is 4.15. The van der Waals surface area contributed by atoms with Crippen molar-refractivity contribution in [1.82, 2.24) is 15.2 Å². The summed E-state index contributed by atoms with van der Waals surface area (Å²) in [6.45, 7) is 4.01. The zero-order valence-electron chi connectivity index (χ0n) is 15.2. The molecule has 2 heterocycles. The Bertz CT molecular complexity index is 833. The van der Waals surface area contributed by atoms with Crippen LogP contribution in [0.15, 0.2) is 46.9 Å². The van der Waals surface area contributed by atoms with E-state index >= 15 is 0 Å². The van der Waals surface area contributed by atoms with Gasteiger partial charge in [-0.3, -0.25) is 4.99 Å². The van der Waals surface area contributed by atoms with E-state index < -0.39 is 0 Å². The number of hydrogen-bond donors (Lipinski definition) is 2. The fraction of sp³-hybridized carbons (Fsp3) is 0.350. The molecular formula is C20H26N4S. The van der Waals surface area contributed by atoms with Gasteiger partial charge in [-0.25, -0.2) is 0 Å². The predicted molar refractivity (Wildman–Crippen MR) is 109 cm³/mol. The number of fused-ring (bicyclic) bond motifs is 1. The van der Waals surface area contributed by atoms with Gasteiger partial charge in [-0.05, 0) is 48.4 Å². The van der Waals surface area contributed by atoms with E-state index in [1.165, 1.54) is 26.9 Å². The lowest BCUT2D eigenvalue weighted by molar-refractivity contribution is 0.487. The minimum atomic E-state index is 0.872. The lowest BCUT2D eigenvalue weighted by Crippen LogP contribution is -2.40. The van der Waals surface area contributed by atoms with Crippen LogP contribution in [0.4, 0.5) is 0 Å². The van der Waals surface area contributed by atoms with Gasteiger partial charge in [0.05, 0.1) is 0 Å². The van der Waals surface area contributed by atoms with Gasteiger partial charge in [0, 0.05) is 49.2 Å². The summed E-state index contributed by atoms with van der Waals surface area (Å²) in [4.78, 5) is 11.4. The largest absolute Gasteiger partial charge is 0.361 e. The van der Waals surface area contributed by atoms with Crippen LogP contribution in [0.1, 0.15) is 16.0 Å². The summed E-state index contributed by atoms with van der Waals surface area (Å²) in [5.74, 6) is 0.952. The van der Waals surface area contributed by atoms with Crippen molar-refractivity contribution in [3.63, 3.8) is 0 Å². The Hall–Kier alpha value is -2.27. The lowest BCUT2D eigenvalue weighted by atomic mass is 10.1. The Morgan fingerprint density at radius 1 is 1.24 bits per heavy atom. The minimum Gasteiger partial charge on any atom is -0.361 e. The molecule has 0 aliphatic rings. The van der Waals surface area contributed by atoms with Gasteiger partial charge in [0.2, 0.25) is 0 Å². The van der Waals surface area contributed by atoms with Crippen LogP contribution in [-0.2, 0) is 12.8 Å². The summed E-state index contributed by atoms with van der Waals surface area (Å²) in [5.41, 5.74) is 3.90. The topological polar surface area (TPSA) is 43.4 Å². The van der Waals surface area contributed by atoms with Crippen LogP contribution in [-0.4, -0.2) is 43.0 Å². The number of likely N-dealkylation sites (N-methyl/N-ethyl adjacent to an activating group) is 1. The highest BCUT2D eigenvalue weighted by atomic mass is 32.1. The van der Waals surface area contributed by atoms with Gasteiger partial charge in [0.1, 0.15) is 0 Å². The number of nitrogens with one attached hydrogen (secondary N) is 2. The number of aliphatic imine (C=N–C) groups is 1. The van der Waals surface area contributed by atoms with Crippen LogP contribution in [0.2, 0.25) is 0 Å². The standard InChI is InChI=1S/C20H26N4S/c1-15-6-4-8-18-19(15)16(14-23-18)9-11-22-20(21-2)24(3)12-10-17-7-5-13-25-17/h4-8,13-14,23H,9-12H2,1-3H3,(H,21,22).